The van der Waals surface area contributed by atoms with Crippen molar-refractivity contribution in [2.45, 2.75) is 13.8 Å². The molecule has 0 atom stereocenters. The number of pyridine rings is 1. The fourth-order valence-electron chi connectivity index (χ4n) is 3.30. The van der Waals surface area contributed by atoms with Gasteiger partial charge in [-0.1, -0.05) is 0 Å². The van der Waals surface area contributed by atoms with Crippen molar-refractivity contribution in [2.75, 3.05) is 12.4 Å². The number of aryl methyl sites for hydroxylation is 2. The van der Waals surface area contributed by atoms with Gasteiger partial charge in [-0.15, -0.1) is 0 Å². The van der Waals surface area contributed by atoms with Crippen LogP contribution < -0.4 is 5.32 Å². The fourth-order valence-corrected chi connectivity index (χ4v) is 3.30. The monoisotopic (exact) mass is 480 g/mol. The molecule has 0 spiro atoms. The molecule has 0 unspecified atom stereocenters. The molecule has 0 amide bonds. The van der Waals surface area contributed by atoms with E-state index in [1.54, 1.807) is 49.8 Å². The van der Waals surface area contributed by atoms with E-state index in [-0.39, 0.29) is 5.69 Å². The molecule has 178 valence electrons. The number of hydrogen-bond donors (Lipinski definition) is 1. The van der Waals surface area contributed by atoms with E-state index in [1.807, 2.05) is 0 Å². The van der Waals surface area contributed by atoms with E-state index in [1.165, 1.54) is 12.3 Å². The summed E-state index contributed by atoms with van der Waals surface area (Å²) in [6, 6.07) is 5.36. The van der Waals surface area contributed by atoms with E-state index in [4.69, 9.17) is 4.42 Å². The Bertz CT molecular complexity index is 1530. The molecule has 4 aromatic heterocycles. The summed E-state index contributed by atoms with van der Waals surface area (Å²) in [4.78, 5) is 26.2. The van der Waals surface area contributed by atoms with E-state index in [0.29, 0.717) is 46.2 Å². The second-order valence-corrected chi connectivity index (χ2v) is 7.41. The molecule has 1 aromatic carbocycles. The van der Waals surface area contributed by atoms with E-state index < -0.39 is 17.5 Å². The topological polar surface area (TPSA) is 98.2 Å². The van der Waals surface area contributed by atoms with Crippen molar-refractivity contribution in [2.24, 2.45) is 0 Å². The Labute approximate surface area is 197 Å². The van der Waals surface area contributed by atoms with Gasteiger partial charge in [0.1, 0.15) is 17.3 Å². The van der Waals surface area contributed by atoms with Crippen LogP contribution >= 0.6 is 0 Å². The molecule has 4 heterocycles. The lowest BCUT2D eigenvalue weighted by atomic mass is 10.1. The second-order valence-electron chi connectivity index (χ2n) is 7.41. The zero-order valence-electron chi connectivity index (χ0n) is 18.9. The van der Waals surface area contributed by atoms with E-state index >= 15 is 0 Å². The summed E-state index contributed by atoms with van der Waals surface area (Å²) in [5, 5.41) is 2.94. The Kier molecular flexibility index (Phi) is 6.58. The van der Waals surface area contributed by atoms with Crippen LogP contribution in [-0.2, 0) is 0 Å². The SMILES string of the molecule is CNc1ccc(F)c(-c2cn3cc(-c4ncc(F)cc4F)cnc3n2)c1.Cc1nc(C)c(C=O)o1. The van der Waals surface area contributed by atoms with Crippen molar-refractivity contribution < 1.29 is 22.4 Å². The second kappa shape index (κ2) is 9.75. The number of hydrogen-bond acceptors (Lipinski definition) is 7. The first-order valence-corrected chi connectivity index (χ1v) is 10.3. The third kappa shape index (κ3) is 5.03. The summed E-state index contributed by atoms with van der Waals surface area (Å²) >= 11 is 0. The average molecular weight is 480 g/mol. The molecule has 8 nitrogen and oxygen atoms in total. The number of imidazole rings is 1. The zero-order valence-corrected chi connectivity index (χ0v) is 18.9. The highest BCUT2D eigenvalue weighted by atomic mass is 19.1. The van der Waals surface area contributed by atoms with Crippen LogP contribution in [0.15, 0.2) is 53.5 Å². The Morgan fingerprint density at radius 3 is 2.43 bits per heavy atom. The molecule has 0 bridgehead atoms. The number of carbonyl (C=O) groups excluding carboxylic acids is 1. The summed E-state index contributed by atoms with van der Waals surface area (Å²) in [5.41, 5.74) is 2.42. The predicted molar refractivity (Wildman–Crippen MR) is 122 cm³/mol. The molecule has 5 aromatic rings. The number of nitrogens with one attached hydrogen (secondary N) is 1. The van der Waals surface area contributed by atoms with E-state index in [0.717, 1.165) is 18.0 Å². The number of carbonyl (C=O) groups is 1. The van der Waals surface area contributed by atoms with Gasteiger partial charge in [0.25, 0.3) is 0 Å². The van der Waals surface area contributed by atoms with Crippen molar-refractivity contribution in [3.05, 3.63) is 83.8 Å². The molecular formula is C24H19F3N6O2. The lowest BCUT2D eigenvalue weighted by Crippen LogP contribution is -1.95. The smallest absolute Gasteiger partial charge is 0.234 e. The van der Waals surface area contributed by atoms with Crippen molar-refractivity contribution in [1.82, 2.24) is 24.3 Å². The van der Waals surface area contributed by atoms with Gasteiger partial charge < -0.3 is 9.73 Å². The zero-order chi connectivity index (χ0) is 25.1. The molecule has 0 aliphatic carbocycles. The number of fused-ring (bicyclic) bond motifs is 1. The Morgan fingerprint density at radius 2 is 1.80 bits per heavy atom. The van der Waals surface area contributed by atoms with E-state index in [2.05, 4.69) is 25.3 Å². The number of benzene rings is 1. The summed E-state index contributed by atoms with van der Waals surface area (Å²) in [7, 11) is 1.73. The maximum atomic E-state index is 14.2. The lowest BCUT2D eigenvalue weighted by Gasteiger charge is -2.03. The van der Waals surface area contributed by atoms with Gasteiger partial charge in [0.05, 0.1) is 17.6 Å². The van der Waals surface area contributed by atoms with E-state index in [9.17, 15) is 18.0 Å². The number of nitrogens with zero attached hydrogens (tertiary/aromatic N) is 5. The third-order valence-corrected chi connectivity index (χ3v) is 4.97. The predicted octanol–water partition coefficient (Wildman–Crippen LogP) is 5.02. The highest BCUT2D eigenvalue weighted by Gasteiger charge is 2.14. The molecule has 0 saturated heterocycles. The number of oxazole rings is 1. The average Bonchev–Trinajstić information content (AvgIpc) is 3.41. The minimum Gasteiger partial charge on any atom is -0.438 e. The van der Waals surface area contributed by atoms with Gasteiger partial charge in [0, 0.05) is 55.4 Å². The highest BCUT2D eigenvalue weighted by Crippen LogP contribution is 2.26. The quantitative estimate of drug-likeness (QED) is 0.361. The number of aromatic nitrogens is 5. The number of halogens is 3. The van der Waals surface area contributed by atoms with Crippen LogP contribution in [0.1, 0.15) is 22.1 Å². The largest absolute Gasteiger partial charge is 0.438 e. The third-order valence-electron chi connectivity index (χ3n) is 4.97. The van der Waals surface area contributed by atoms with Gasteiger partial charge in [-0.3, -0.25) is 9.20 Å². The van der Waals surface area contributed by atoms with Crippen LogP contribution in [0, 0.1) is 31.3 Å². The molecule has 0 aliphatic heterocycles. The minimum absolute atomic E-state index is 0.0283. The molecular weight excluding hydrogens is 461 g/mol. The Balaban J connectivity index is 0.000000271. The summed E-state index contributed by atoms with van der Waals surface area (Å²) in [6.45, 7) is 3.44. The van der Waals surface area contributed by atoms with Gasteiger partial charge in [-0.05, 0) is 25.1 Å². The highest BCUT2D eigenvalue weighted by molar-refractivity contribution is 5.71. The van der Waals surface area contributed by atoms with Crippen LogP contribution in [0.5, 0.6) is 0 Å². The van der Waals surface area contributed by atoms with Crippen molar-refractivity contribution in [3.8, 4) is 22.5 Å². The van der Waals surface area contributed by atoms with Gasteiger partial charge in [0.2, 0.25) is 5.78 Å². The molecule has 11 heteroatoms. The summed E-state index contributed by atoms with van der Waals surface area (Å²) in [6.07, 6.45) is 6.12. The fraction of sp³-hybridized carbons (Fsp3) is 0.125. The van der Waals surface area contributed by atoms with Gasteiger partial charge in [-0.25, -0.2) is 33.1 Å². The van der Waals surface area contributed by atoms with Gasteiger partial charge >= 0.3 is 0 Å². The molecule has 5 rings (SSSR count). The van der Waals surface area contributed by atoms with Crippen LogP contribution in [0.4, 0.5) is 18.9 Å². The first-order valence-electron chi connectivity index (χ1n) is 10.3. The van der Waals surface area contributed by atoms with Crippen molar-refractivity contribution >= 4 is 17.8 Å². The molecule has 0 fully saturated rings. The number of rotatable bonds is 4. The van der Waals surface area contributed by atoms with Crippen LogP contribution in [-0.4, -0.2) is 37.7 Å². The summed E-state index contributed by atoms with van der Waals surface area (Å²) < 4.78 is 47.6. The molecule has 0 radical (unpaired) electrons. The summed E-state index contributed by atoms with van der Waals surface area (Å²) in [5.74, 6) is -0.786. The van der Waals surface area contributed by atoms with Gasteiger partial charge in [0.15, 0.2) is 23.8 Å². The first-order chi connectivity index (χ1) is 16.8. The van der Waals surface area contributed by atoms with Crippen LogP contribution in [0.3, 0.4) is 0 Å². The maximum absolute atomic E-state index is 14.2. The first kappa shape index (κ1) is 23.6. The van der Waals surface area contributed by atoms with Crippen LogP contribution in [0.2, 0.25) is 0 Å². The maximum Gasteiger partial charge on any atom is 0.234 e. The Hall–Kier alpha value is -4.54. The lowest BCUT2D eigenvalue weighted by molar-refractivity contribution is 0.109. The molecule has 1 N–H and O–H groups in total. The molecule has 0 aliphatic rings. The van der Waals surface area contributed by atoms with Crippen molar-refractivity contribution in [1.29, 1.82) is 0 Å². The molecule has 35 heavy (non-hydrogen) atoms. The van der Waals surface area contributed by atoms with Crippen molar-refractivity contribution in [3.63, 3.8) is 0 Å². The molecule has 0 saturated carbocycles. The number of anilines is 1. The van der Waals surface area contributed by atoms with Gasteiger partial charge in [-0.2, -0.15) is 0 Å². The standard InChI is InChI=1S/C18H12F3N5.C6H7NO2/c1-22-12-2-3-14(20)13(5-12)16-9-26-8-10(6-24-18(26)25-16)17-15(21)4-11(19)7-23-17;1-4-6(3-8)9-5(2)7-4/h2-9,22H,1H3;3H,1-2H3. The Morgan fingerprint density at radius 1 is 1.00 bits per heavy atom. The normalized spacial score (nSPS) is 10.7. The minimum atomic E-state index is -0.792. The number of aldehydes is 1. The van der Waals surface area contributed by atoms with Crippen LogP contribution in [0.25, 0.3) is 28.3 Å².